The standard InChI is InChI=1S/C16H30N4O/c1-6-8-13(11-21-5)18-15-10-14(17-9-7-2)19-16(20-15)12(3)4/h10,12-13H,6-9,11H2,1-5H3,(H2,17,18,19,20). The number of ether oxygens (including phenoxy) is 1. The van der Waals surface area contributed by atoms with Crippen LogP contribution < -0.4 is 10.6 Å². The zero-order valence-electron chi connectivity index (χ0n) is 14.1. The summed E-state index contributed by atoms with van der Waals surface area (Å²) in [6.07, 6.45) is 3.25. The minimum Gasteiger partial charge on any atom is -0.383 e. The summed E-state index contributed by atoms with van der Waals surface area (Å²) in [5.41, 5.74) is 0. The Kier molecular flexibility index (Phi) is 8.05. The van der Waals surface area contributed by atoms with Gasteiger partial charge in [-0.25, -0.2) is 9.97 Å². The van der Waals surface area contributed by atoms with E-state index in [1.54, 1.807) is 7.11 Å². The molecule has 21 heavy (non-hydrogen) atoms. The zero-order valence-corrected chi connectivity index (χ0v) is 14.1. The van der Waals surface area contributed by atoms with Crippen molar-refractivity contribution in [1.82, 2.24) is 9.97 Å². The molecule has 5 heteroatoms. The minimum atomic E-state index is 0.286. The van der Waals surface area contributed by atoms with Gasteiger partial charge in [-0.3, -0.25) is 0 Å². The Morgan fingerprint density at radius 1 is 1.14 bits per heavy atom. The summed E-state index contributed by atoms with van der Waals surface area (Å²) in [7, 11) is 1.73. The quantitative estimate of drug-likeness (QED) is 0.690. The molecule has 0 aliphatic heterocycles. The van der Waals surface area contributed by atoms with Gasteiger partial charge in [-0.2, -0.15) is 0 Å². The lowest BCUT2D eigenvalue weighted by Gasteiger charge is -2.19. The van der Waals surface area contributed by atoms with Crippen molar-refractivity contribution in [2.24, 2.45) is 0 Å². The van der Waals surface area contributed by atoms with E-state index in [4.69, 9.17) is 4.74 Å². The second kappa shape index (κ2) is 9.55. The van der Waals surface area contributed by atoms with Gasteiger partial charge >= 0.3 is 0 Å². The Bertz CT molecular complexity index is 403. The van der Waals surface area contributed by atoms with E-state index in [0.29, 0.717) is 12.5 Å². The fraction of sp³-hybridized carbons (Fsp3) is 0.750. The summed E-state index contributed by atoms with van der Waals surface area (Å²) in [6.45, 7) is 10.2. The van der Waals surface area contributed by atoms with Crippen LogP contribution in [-0.4, -0.2) is 36.3 Å². The average Bonchev–Trinajstić information content (AvgIpc) is 2.45. The molecule has 5 nitrogen and oxygen atoms in total. The van der Waals surface area contributed by atoms with E-state index in [-0.39, 0.29) is 6.04 Å². The third-order valence-corrected chi connectivity index (χ3v) is 3.17. The van der Waals surface area contributed by atoms with E-state index in [2.05, 4.69) is 48.3 Å². The van der Waals surface area contributed by atoms with E-state index in [1.807, 2.05) is 6.07 Å². The summed E-state index contributed by atoms with van der Waals surface area (Å²) < 4.78 is 5.28. The molecule has 0 aliphatic carbocycles. The Morgan fingerprint density at radius 2 is 1.86 bits per heavy atom. The number of hydrogen-bond acceptors (Lipinski definition) is 5. The first-order chi connectivity index (χ1) is 10.1. The van der Waals surface area contributed by atoms with Crippen LogP contribution in [0, 0.1) is 0 Å². The van der Waals surface area contributed by atoms with Crippen LogP contribution in [-0.2, 0) is 4.74 Å². The largest absolute Gasteiger partial charge is 0.383 e. The highest BCUT2D eigenvalue weighted by molar-refractivity contribution is 5.48. The van der Waals surface area contributed by atoms with Crippen LogP contribution in [0.15, 0.2) is 6.07 Å². The molecule has 0 aromatic carbocycles. The molecule has 0 aliphatic rings. The van der Waals surface area contributed by atoms with Crippen LogP contribution in [0.4, 0.5) is 11.6 Å². The Hall–Kier alpha value is -1.36. The van der Waals surface area contributed by atoms with Crippen LogP contribution in [0.2, 0.25) is 0 Å². The molecule has 0 spiro atoms. The molecule has 1 rings (SSSR count). The molecular formula is C16H30N4O. The predicted molar refractivity (Wildman–Crippen MR) is 89.1 cm³/mol. The highest BCUT2D eigenvalue weighted by Gasteiger charge is 2.12. The summed E-state index contributed by atoms with van der Waals surface area (Å²) in [6, 6.07) is 2.27. The number of anilines is 2. The van der Waals surface area contributed by atoms with Crippen LogP contribution in [0.1, 0.15) is 58.7 Å². The topological polar surface area (TPSA) is 59.1 Å². The zero-order chi connectivity index (χ0) is 15.7. The van der Waals surface area contributed by atoms with E-state index >= 15 is 0 Å². The highest BCUT2D eigenvalue weighted by Crippen LogP contribution is 2.18. The lowest BCUT2D eigenvalue weighted by molar-refractivity contribution is 0.182. The number of aromatic nitrogens is 2. The summed E-state index contributed by atoms with van der Waals surface area (Å²) >= 11 is 0. The summed E-state index contributed by atoms with van der Waals surface area (Å²) in [4.78, 5) is 9.20. The monoisotopic (exact) mass is 294 g/mol. The summed E-state index contributed by atoms with van der Waals surface area (Å²) in [5.74, 6) is 2.95. The van der Waals surface area contributed by atoms with Crippen molar-refractivity contribution >= 4 is 11.6 Å². The number of nitrogens with zero attached hydrogens (tertiary/aromatic N) is 2. The van der Waals surface area contributed by atoms with Gasteiger partial charge in [-0.05, 0) is 12.8 Å². The van der Waals surface area contributed by atoms with Crippen LogP contribution >= 0.6 is 0 Å². The Balaban J connectivity index is 2.89. The Morgan fingerprint density at radius 3 is 2.43 bits per heavy atom. The second-order valence-electron chi connectivity index (χ2n) is 5.66. The maximum Gasteiger partial charge on any atom is 0.135 e. The summed E-state index contributed by atoms with van der Waals surface area (Å²) in [5, 5.41) is 6.82. The minimum absolute atomic E-state index is 0.286. The van der Waals surface area contributed by atoms with E-state index in [1.165, 1.54) is 0 Å². The molecule has 0 bridgehead atoms. The third-order valence-electron chi connectivity index (χ3n) is 3.17. The predicted octanol–water partition coefficient (Wildman–Crippen LogP) is 3.65. The normalized spacial score (nSPS) is 12.5. The molecular weight excluding hydrogens is 264 g/mol. The van der Waals surface area contributed by atoms with Gasteiger partial charge in [-0.1, -0.05) is 34.1 Å². The second-order valence-corrected chi connectivity index (χ2v) is 5.66. The molecule has 120 valence electrons. The first kappa shape index (κ1) is 17.7. The maximum atomic E-state index is 5.28. The number of methoxy groups -OCH3 is 1. The molecule has 1 unspecified atom stereocenters. The number of rotatable bonds is 10. The van der Waals surface area contributed by atoms with Gasteiger partial charge in [0.15, 0.2) is 0 Å². The first-order valence-corrected chi connectivity index (χ1v) is 7.99. The van der Waals surface area contributed by atoms with Gasteiger partial charge in [0.25, 0.3) is 0 Å². The number of nitrogens with one attached hydrogen (secondary N) is 2. The molecule has 0 fully saturated rings. The smallest absolute Gasteiger partial charge is 0.135 e. The van der Waals surface area contributed by atoms with Crippen LogP contribution in [0.5, 0.6) is 0 Å². The molecule has 2 N–H and O–H groups in total. The number of hydrogen-bond donors (Lipinski definition) is 2. The van der Waals surface area contributed by atoms with Crippen molar-refractivity contribution in [3.8, 4) is 0 Å². The van der Waals surface area contributed by atoms with Gasteiger partial charge in [0.05, 0.1) is 12.6 Å². The van der Waals surface area contributed by atoms with Gasteiger partial charge in [-0.15, -0.1) is 0 Å². The molecule has 1 aromatic rings. The molecule has 1 aromatic heterocycles. The van der Waals surface area contributed by atoms with Crippen LogP contribution in [0.25, 0.3) is 0 Å². The van der Waals surface area contributed by atoms with E-state index in [9.17, 15) is 0 Å². The lowest BCUT2D eigenvalue weighted by atomic mass is 10.2. The maximum absolute atomic E-state index is 5.28. The molecule has 0 radical (unpaired) electrons. The van der Waals surface area contributed by atoms with Crippen molar-refractivity contribution in [3.05, 3.63) is 11.9 Å². The van der Waals surface area contributed by atoms with Crippen molar-refractivity contribution in [3.63, 3.8) is 0 Å². The van der Waals surface area contributed by atoms with Gasteiger partial charge < -0.3 is 15.4 Å². The SMILES string of the molecule is CCCNc1cc(NC(CCC)COC)nc(C(C)C)n1. The highest BCUT2D eigenvalue weighted by atomic mass is 16.5. The first-order valence-electron chi connectivity index (χ1n) is 7.99. The average molecular weight is 294 g/mol. The lowest BCUT2D eigenvalue weighted by Crippen LogP contribution is -2.25. The van der Waals surface area contributed by atoms with Gasteiger partial charge in [0.2, 0.25) is 0 Å². The van der Waals surface area contributed by atoms with E-state index in [0.717, 1.165) is 43.3 Å². The van der Waals surface area contributed by atoms with Crippen molar-refractivity contribution < 1.29 is 4.74 Å². The molecule has 0 amide bonds. The molecule has 0 saturated heterocycles. The molecule has 1 atom stereocenters. The fourth-order valence-corrected chi connectivity index (χ4v) is 2.10. The van der Waals surface area contributed by atoms with Crippen molar-refractivity contribution in [2.75, 3.05) is 30.9 Å². The Labute approximate surface area is 128 Å². The van der Waals surface area contributed by atoms with Crippen molar-refractivity contribution in [2.45, 2.75) is 58.9 Å². The van der Waals surface area contributed by atoms with Crippen molar-refractivity contribution in [1.29, 1.82) is 0 Å². The van der Waals surface area contributed by atoms with Crippen LogP contribution in [0.3, 0.4) is 0 Å². The molecule has 1 heterocycles. The third kappa shape index (κ3) is 6.29. The molecule has 0 saturated carbocycles. The van der Waals surface area contributed by atoms with Gasteiger partial charge in [0, 0.05) is 25.6 Å². The van der Waals surface area contributed by atoms with Gasteiger partial charge in [0.1, 0.15) is 17.5 Å². The van der Waals surface area contributed by atoms with E-state index < -0.39 is 0 Å². The fourth-order valence-electron chi connectivity index (χ4n) is 2.10.